The SMILES string of the molecule is [Cl-].[Cl-].[Zr+2][P]1CNC2=CC=CCC21. The molecule has 0 aromatic heterocycles. The maximum atomic E-state index is 3.47. The van der Waals surface area contributed by atoms with Gasteiger partial charge in [-0.3, -0.25) is 0 Å². The maximum absolute atomic E-state index is 3.47. The van der Waals surface area contributed by atoms with Crippen LogP contribution >= 0.6 is 5.21 Å². The second kappa shape index (κ2) is 5.81. The third-order valence-electron chi connectivity index (χ3n) is 1.96. The number of allylic oxidation sites excluding steroid dienone is 4. The molecule has 65 valence electrons. The first-order chi connectivity index (χ1) is 4.88. The molecule has 1 aliphatic heterocycles. The molecule has 2 atom stereocenters. The Bertz CT molecular complexity index is 208. The van der Waals surface area contributed by atoms with E-state index < -0.39 is 0 Å². The first-order valence-corrected chi connectivity index (χ1v) is 8.36. The monoisotopic (exact) mass is 298 g/mol. The van der Waals surface area contributed by atoms with Crippen molar-refractivity contribution in [2.75, 3.05) is 6.29 Å². The summed E-state index contributed by atoms with van der Waals surface area (Å²) in [4.78, 5) is 0. The second-order valence-electron chi connectivity index (χ2n) is 2.61. The normalized spacial score (nSPS) is 30.7. The molecule has 1 saturated heterocycles. The first kappa shape index (κ1) is 13.2. The van der Waals surface area contributed by atoms with Crippen LogP contribution in [0.5, 0.6) is 0 Å². The van der Waals surface area contributed by atoms with E-state index in [0.717, 1.165) is 5.66 Å². The van der Waals surface area contributed by atoms with Crippen LogP contribution in [-0.2, 0) is 24.1 Å². The molecule has 1 fully saturated rings. The fraction of sp³-hybridized carbons (Fsp3) is 0.429. The molecule has 2 unspecified atom stereocenters. The van der Waals surface area contributed by atoms with Crippen molar-refractivity contribution in [3.05, 3.63) is 23.9 Å². The third-order valence-corrected chi connectivity index (χ3v) is 7.16. The number of hydrogen-bond donors (Lipinski definition) is 1. The van der Waals surface area contributed by atoms with Gasteiger partial charge in [0.15, 0.2) is 0 Å². The Morgan fingerprint density at radius 3 is 2.92 bits per heavy atom. The van der Waals surface area contributed by atoms with Crippen molar-refractivity contribution in [3.63, 3.8) is 0 Å². The van der Waals surface area contributed by atoms with Crippen molar-refractivity contribution >= 4 is 5.21 Å². The molecule has 0 amide bonds. The Hall–Kier alpha value is 1.17. The fourth-order valence-corrected chi connectivity index (χ4v) is 5.22. The Balaban J connectivity index is 0.000000605. The molecule has 1 N–H and O–H groups in total. The molecule has 2 aliphatic rings. The molecule has 2 rings (SSSR count). The van der Waals surface area contributed by atoms with Gasteiger partial charge in [-0.2, -0.15) is 0 Å². The zero-order chi connectivity index (χ0) is 6.97. The van der Waals surface area contributed by atoms with Crippen molar-refractivity contribution in [2.24, 2.45) is 0 Å². The molecule has 1 nitrogen and oxygen atoms in total. The van der Waals surface area contributed by atoms with Crippen molar-refractivity contribution in [1.29, 1.82) is 0 Å². The molecule has 0 bridgehead atoms. The summed E-state index contributed by atoms with van der Waals surface area (Å²) < 4.78 is 0. The van der Waals surface area contributed by atoms with E-state index in [4.69, 9.17) is 0 Å². The van der Waals surface area contributed by atoms with Crippen LogP contribution in [0.2, 0.25) is 0 Å². The molecule has 1 aliphatic carbocycles. The predicted octanol–water partition coefficient (Wildman–Crippen LogP) is -4.29. The van der Waals surface area contributed by atoms with Crippen LogP contribution in [0.25, 0.3) is 0 Å². The molecule has 0 aromatic rings. The summed E-state index contributed by atoms with van der Waals surface area (Å²) in [6.07, 6.45) is 9.26. The van der Waals surface area contributed by atoms with E-state index in [1.165, 1.54) is 18.4 Å². The van der Waals surface area contributed by atoms with Gasteiger partial charge in [-0.25, -0.2) is 0 Å². The topological polar surface area (TPSA) is 12.0 Å². The third kappa shape index (κ3) is 2.58. The van der Waals surface area contributed by atoms with Crippen LogP contribution in [0.1, 0.15) is 6.42 Å². The van der Waals surface area contributed by atoms with Crippen LogP contribution < -0.4 is 30.1 Å². The fourth-order valence-electron chi connectivity index (χ4n) is 1.38. The predicted molar refractivity (Wildman–Crippen MR) is 40.6 cm³/mol. The summed E-state index contributed by atoms with van der Waals surface area (Å²) in [7, 11) is 0. The van der Waals surface area contributed by atoms with Gasteiger partial charge in [0.2, 0.25) is 0 Å². The second-order valence-corrected chi connectivity index (χ2v) is 8.72. The molecular weight excluding hydrogens is 291 g/mol. The summed E-state index contributed by atoms with van der Waals surface area (Å²) in [5, 5.41) is 3.81. The van der Waals surface area contributed by atoms with Crippen LogP contribution in [0.15, 0.2) is 23.9 Å². The average Bonchev–Trinajstić information content (AvgIpc) is 2.34. The van der Waals surface area contributed by atoms with Gasteiger partial charge < -0.3 is 24.8 Å². The average molecular weight is 300 g/mol. The van der Waals surface area contributed by atoms with Crippen molar-refractivity contribution in [1.82, 2.24) is 5.32 Å². The molecule has 5 heteroatoms. The number of hydrogen-bond acceptors (Lipinski definition) is 1. The van der Waals surface area contributed by atoms with Gasteiger partial charge in [0.1, 0.15) is 0 Å². The van der Waals surface area contributed by atoms with E-state index in [0.29, 0.717) is 5.21 Å². The van der Waals surface area contributed by atoms with E-state index >= 15 is 0 Å². The van der Waals surface area contributed by atoms with Crippen LogP contribution in [0.4, 0.5) is 0 Å². The van der Waals surface area contributed by atoms with Crippen LogP contribution in [-0.4, -0.2) is 11.9 Å². The van der Waals surface area contributed by atoms with Gasteiger partial charge in [0.05, 0.1) is 0 Å². The quantitative estimate of drug-likeness (QED) is 0.447. The Morgan fingerprint density at radius 1 is 1.50 bits per heavy atom. The summed E-state index contributed by atoms with van der Waals surface area (Å²) in [5.74, 6) is 0. The number of fused-ring (bicyclic) bond motifs is 1. The molecule has 1 heterocycles. The van der Waals surface area contributed by atoms with E-state index in [1.807, 2.05) is 0 Å². The van der Waals surface area contributed by atoms with E-state index in [1.54, 1.807) is 24.1 Å². The van der Waals surface area contributed by atoms with Gasteiger partial charge in [-0.15, -0.1) is 0 Å². The van der Waals surface area contributed by atoms with E-state index in [-0.39, 0.29) is 24.8 Å². The zero-order valence-electron chi connectivity index (χ0n) is 6.43. The van der Waals surface area contributed by atoms with Crippen LogP contribution in [0, 0.1) is 0 Å². The van der Waals surface area contributed by atoms with Gasteiger partial charge in [0, 0.05) is 0 Å². The van der Waals surface area contributed by atoms with E-state index in [9.17, 15) is 0 Å². The molecule has 12 heavy (non-hydrogen) atoms. The van der Waals surface area contributed by atoms with Crippen molar-refractivity contribution < 1.29 is 49.0 Å². The number of rotatable bonds is 0. The number of halogens is 2. The van der Waals surface area contributed by atoms with Crippen LogP contribution in [0.3, 0.4) is 0 Å². The summed E-state index contributed by atoms with van der Waals surface area (Å²) in [6, 6.07) is 0. The van der Waals surface area contributed by atoms with Gasteiger partial charge in [-0.05, 0) is 0 Å². The molecule has 0 spiro atoms. The first-order valence-electron chi connectivity index (χ1n) is 3.46. The Morgan fingerprint density at radius 2 is 2.25 bits per heavy atom. The summed E-state index contributed by atoms with van der Waals surface area (Å²) in [5.41, 5.74) is 2.41. The molecule has 0 aromatic carbocycles. The minimum atomic E-state index is 0. The standard InChI is InChI=1S/C7H9NP.2ClH.Zr/c1-2-4-7-6(3-1)8-5-9-7;;;/h1-3,7-8H,4-5H2;2*1H;/q-1;;;+3/p-2. The van der Waals surface area contributed by atoms with Gasteiger partial charge in [-0.1, -0.05) is 0 Å². The van der Waals surface area contributed by atoms with E-state index in [2.05, 4.69) is 23.5 Å². The minimum absolute atomic E-state index is 0. The van der Waals surface area contributed by atoms with Crippen molar-refractivity contribution in [2.45, 2.75) is 12.1 Å². The summed E-state index contributed by atoms with van der Waals surface area (Å²) in [6.45, 7) is 0. The Kier molecular flexibility index (Phi) is 6.38. The zero-order valence-corrected chi connectivity index (χ0v) is 11.3. The Labute approximate surface area is 101 Å². The molecular formula is C7H9Cl2NPZr. The molecule has 0 saturated carbocycles. The van der Waals surface area contributed by atoms with Gasteiger partial charge >= 0.3 is 77.0 Å². The summed E-state index contributed by atoms with van der Waals surface area (Å²) >= 11 is 1.75. The molecule has 0 radical (unpaired) electrons. The van der Waals surface area contributed by atoms with Gasteiger partial charge in [0.25, 0.3) is 0 Å². The number of nitrogens with one attached hydrogen (secondary N) is 1. The van der Waals surface area contributed by atoms with Crippen molar-refractivity contribution in [3.8, 4) is 0 Å².